The van der Waals surface area contributed by atoms with Gasteiger partial charge in [-0.2, -0.15) is 4.99 Å². The fourth-order valence-electron chi connectivity index (χ4n) is 3.39. The van der Waals surface area contributed by atoms with Crippen molar-refractivity contribution in [3.63, 3.8) is 0 Å². The van der Waals surface area contributed by atoms with E-state index < -0.39 is 11.9 Å². The second kappa shape index (κ2) is 12.9. The van der Waals surface area contributed by atoms with Gasteiger partial charge in [0.1, 0.15) is 19.2 Å². The van der Waals surface area contributed by atoms with Gasteiger partial charge in [0.25, 0.3) is 11.8 Å². The summed E-state index contributed by atoms with van der Waals surface area (Å²) in [7, 11) is 3.10. The number of hydrogen-bond donors (Lipinski definition) is 2. The minimum Gasteiger partial charge on any atom is -0.399 e. The average Bonchev–Trinajstić information content (AvgIpc) is 3.24. The van der Waals surface area contributed by atoms with E-state index in [-0.39, 0.29) is 24.8 Å². The van der Waals surface area contributed by atoms with Crippen LogP contribution in [0.5, 0.6) is 0 Å². The molecule has 0 radical (unpaired) electrons. The number of hydrogen-bond acceptors (Lipinski definition) is 6. The summed E-state index contributed by atoms with van der Waals surface area (Å²) in [6.07, 6.45) is 1.11. The minimum atomic E-state index is -0.555. The third-order valence-corrected chi connectivity index (χ3v) is 4.80. The second-order valence-electron chi connectivity index (χ2n) is 7.13. The summed E-state index contributed by atoms with van der Waals surface area (Å²) in [4.78, 5) is 44.2. The quantitative estimate of drug-likeness (QED) is 0.299. The Morgan fingerprint density at radius 2 is 1.76 bits per heavy atom. The van der Waals surface area contributed by atoms with E-state index in [4.69, 9.17) is 15.4 Å². The molecule has 3 rings (SSSR count). The van der Waals surface area contributed by atoms with Crippen LogP contribution in [0.2, 0.25) is 0 Å². The van der Waals surface area contributed by atoms with Crippen LogP contribution in [0.3, 0.4) is 0 Å². The zero-order chi connectivity index (χ0) is 24.2. The fraction of sp³-hybridized carbons (Fsp3) is 0.292. The highest BCUT2D eigenvalue weighted by Crippen LogP contribution is 2.23. The summed E-state index contributed by atoms with van der Waals surface area (Å²) in [5, 5.41) is 6.70. The Hall–Kier alpha value is -3.85. The lowest BCUT2D eigenvalue weighted by Crippen LogP contribution is -2.44. The third kappa shape index (κ3) is 7.08. The van der Waals surface area contributed by atoms with Crippen LogP contribution in [0, 0.1) is 0 Å². The van der Waals surface area contributed by atoms with Crippen molar-refractivity contribution in [2.75, 3.05) is 27.2 Å². The number of nitrogens with one attached hydrogen (secondary N) is 1. The van der Waals surface area contributed by atoms with E-state index in [0.717, 1.165) is 17.4 Å². The van der Waals surface area contributed by atoms with E-state index in [1.807, 2.05) is 42.5 Å². The molecule has 0 spiro atoms. The number of oxime groups is 1. The zero-order valence-electron chi connectivity index (χ0n) is 19.0. The van der Waals surface area contributed by atoms with E-state index >= 15 is 0 Å². The summed E-state index contributed by atoms with van der Waals surface area (Å²) in [6, 6.07) is 16.8. The number of carbonyl (C=O) groups excluding carboxylic acids is 3. The Bertz CT molecular complexity index is 1000. The number of nitrogens with zero attached hydrogens (tertiary/aromatic N) is 3. The molecule has 1 atom stereocenters. The van der Waals surface area contributed by atoms with Gasteiger partial charge in [-0.3, -0.25) is 9.59 Å². The molecule has 2 aromatic rings. The number of amides is 2. The van der Waals surface area contributed by atoms with Crippen molar-refractivity contribution in [3.8, 4) is 11.1 Å². The molecule has 0 aromatic heterocycles. The molecule has 1 aliphatic rings. The molecule has 174 valence electrons. The lowest BCUT2D eigenvalue weighted by atomic mass is 10.0. The Balaban J connectivity index is 0.00000122. The molecular weight excluding hydrogens is 422 g/mol. The Morgan fingerprint density at radius 3 is 2.33 bits per heavy atom. The van der Waals surface area contributed by atoms with E-state index in [0.29, 0.717) is 17.7 Å². The first-order chi connectivity index (χ1) is 15.9. The molecule has 1 heterocycles. The van der Waals surface area contributed by atoms with Crippen molar-refractivity contribution in [2.24, 2.45) is 15.9 Å². The predicted octanol–water partition coefficient (Wildman–Crippen LogP) is 1.88. The molecule has 3 N–H and O–H groups in total. The van der Waals surface area contributed by atoms with Gasteiger partial charge in [0.05, 0.1) is 24.8 Å². The van der Waals surface area contributed by atoms with Crippen molar-refractivity contribution < 1.29 is 19.2 Å². The number of aliphatic imine (C=N–C) groups is 1. The first kappa shape index (κ1) is 25.4. The Labute approximate surface area is 193 Å². The van der Waals surface area contributed by atoms with E-state index in [2.05, 4.69) is 15.5 Å². The van der Waals surface area contributed by atoms with Crippen molar-refractivity contribution in [3.05, 3.63) is 60.2 Å². The maximum absolute atomic E-state index is 13.2. The number of carbonyl (C=O) groups is 3. The maximum Gasteiger partial charge on any atom is 0.261 e. The minimum absolute atomic E-state index is 0.0708. The standard InChI is InChI=1S/C22H25N5O3.C2H4O/c1-24-13-20(28)25-21(23)19-12-18(26-30-2)14-27(19)22(29)17-10-8-16(9-11-17)15-6-4-3-5-7-15;1-2-3/h3-11,19,24H,12-14H2,1-2H3,(H2,23,25,28);2H,1H3/b26-18-;. The predicted molar refractivity (Wildman–Crippen MR) is 128 cm³/mol. The maximum atomic E-state index is 13.2. The van der Waals surface area contributed by atoms with Gasteiger partial charge in [-0.1, -0.05) is 47.6 Å². The smallest absolute Gasteiger partial charge is 0.261 e. The number of nitrogens with two attached hydrogens (primary N) is 1. The van der Waals surface area contributed by atoms with Crippen LogP contribution in [-0.4, -0.2) is 67.8 Å². The number of aldehydes is 1. The number of amidine groups is 1. The van der Waals surface area contributed by atoms with Gasteiger partial charge in [0, 0.05) is 12.0 Å². The summed E-state index contributed by atoms with van der Waals surface area (Å²) < 4.78 is 0. The number of benzene rings is 2. The van der Waals surface area contributed by atoms with Crippen LogP contribution >= 0.6 is 0 Å². The number of likely N-dealkylation sites (tertiary alicyclic amines) is 1. The van der Waals surface area contributed by atoms with Crippen LogP contribution in [0.25, 0.3) is 11.1 Å². The van der Waals surface area contributed by atoms with Crippen LogP contribution in [-0.2, 0) is 14.4 Å². The van der Waals surface area contributed by atoms with Gasteiger partial charge in [0.2, 0.25) is 0 Å². The highest BCUT2D eigenvalue weighted by atomic mass is 16.6. The van der Waals surface area contributed by atoms with Crippen molar-refractivity contribution in [1.29, 1.82) is 0 Å². The molecule has 9 nitrogen and oxygen atoms in total. The number of rotatable bonds is 6. The molecule has 2 amide bonds. The highest BCUT2D eigenvalue weighted by Gasteiger charge is 2.36. The average molecular weight is 452 g/mol. The molecule has 1 unspecified atom stereocenters. The second-order valence-corrected chi connectivity index (χ2v) is 7.13. The molecular formula is C24H29N5O4. The van der Waals surface area contributed by atoms with Gasteiger partial charge >= 0.3 is 0 Å². The normalized spacial score (nSPS) is 16.7. The molecule has 1 saturated heterocycles. The molecule has 1 fully saturated rings. The van der Waals surface area contributed by atoms with Gasteiger partial charge < -0.3 is 25.6 Å². The van der Waals surface area contributed by atoms with Crippen LogP contribution in [0.4, 0.5) is 0 Å². The Morgan fingerprint density at radius 1 is 1.15 bits per heavy atom. The first-order valence-corrected chi connectivity index (χ1v) is 10.4. The molecule has 1 aliphatic heterocycles. The van der Waals surface area contributed by atoms with Gasteiger partial charge in [0.15, 0.2) is 0 Å². The summed E-state index contributed by atoms with van der Waals surface area (Å²) >= 11 is 0. The van der Waals surface area contributed by atoms with E-state index in [1.165, 1.54) is 14.0 Å². The lowest BCUT2D eigenvalue weighted by molar-refractivity contribution is -0.116. The lowest BCUT2D eigenvalue weighted by Gasteiger charge is -2.23. The SMILES string of the molecule is CC=O.CNCC(=O)N=C(N)C1C/C(=N/OC)CN1C(=O)c1ccc(-c2ccccc2)cc1. The summed E-state index contributed by atoms with van der Waals surface area (Å²) in [6.45, 7) is 1.77. The van der Waals surface area contributed by atoms with Crippen LogP contribution < -0.4 is 11.1 Å². The zero-order valence-corrected chi connectivity index (χ0v) is 19.0. The highest BCUT2D eigenvalue weighted by molar-refractivity contribution is 6.08. The number of likely N-dealkylation sites (N-methyl/N-ethyl adjacent to an activating group) is 1. The van der Waals surface area contributed by atoms with Crippen LogP contribution in [0.1, 0.15) is 23.7 Å². The topological polar surface area (TPSA) is 126 Å². The molecule has 9 heteroatoms. The monoisotopic (exact) mass is 451 g/mol. The molecule has 0 bridgehead atoms. The van der Waals surface area contributed by atoms with Gasteiger partial charge in [-0.15, -0.1) is 0 Å². The summed E-state index contributed by atoms with van der Waals surface area (Å²) in [5.74, 6) is -0.516. The molecule has 33 heavy (non-hydrogen) atoms. The molecule has 2 aromatic carbocycles. The Kier molecular flexibility index (Phi) is 9.91. The van der Waals surface area contributed by atoms with E-state index in [9.17, 15) is 9.59 Å². The van der Waals surface area contributed by atoms with E-state index in [1.54, 1.807) is 24.1 Å². The molecule has 0 aliphatic carbocycles. The van der Waals surface area contributed by atoms with Gasteiger partial charge in [-0.05, 0) is 37.2 Å². The summed E-state index contributed by atoms with van der Waals surface area (Å²) in [5.41, 5.74) is 9.36. The van der Waals surface area contributed by atoms with Crippen molar-refractivity contribution in [1.82, 2.24) is 10.2 Å². The van der Waals surface area contributed by atoms with Crippen LogP contribution in [0.15, 0.2) is 64.7 Å². The largest absolute Gasteiger partial charge is 0.399 e. The van der Waals surface area contributed by atoms with Gasteiger partial charge in [-0.25, -0.2) is 0 Å². The van der Waals surface area contributed by atoms with Crippen molar-refractivity contribution in [2.45, 2.75) is 19.4 Å². The fourth-order valence-corrected chi connectivity index (χ4v) is 3.39. The van der Waals surface area contributed by atoms with Crippen molar-refractivity contribution >= 4 is 29.6 Å². The molecule has 0 saturated carbocycles. The first-order valence-electron chi connectivity index (χ1n) is 10.4. The third-order valence-electron chi connectivity index (χ3n) is 4.80.